The Morgan fingerprint density at radius 1 is 1.18 bits per heavy atom. The Labute approximate surface area is 194 Å². The number of hydrogen-bond donors (Lipinski definition) is 2. The van der Waals surface area contributed by atoms with E-state index >= 15 is 0 Å². The number of nitrogens with zero attached hydrogens (tertiary/aromatic N) is 1. The minimum absolute atomic E-state index is 0.0960. The number of sulfonamides is 1. The molecule has 3 aromatic rings. The Kier molecular flexibility index (Phi) is 4.81. The number of carbonyl (C=O) groups is 3. The van der Waals surface area contributed by atoms with Crippen LogP contribution < -0.4 is 15.2 Å². The molecule has 1 fully saturated rings. The summed E-state index contributed by atoms with van der Waals surface area (Å²) in [5.41, 5.74) is 0.411. The third-order valence-corrected chi connectivity index (χ3v) is 7.45. The first kappa shape index (κ1) is 22.1. The number of nitrogens with two attached hydrogens (primary N) is 1. The summed E-state index contributed by atoms with van der Waals surface area (Å²) in [6.07, 6.45) is -0.212. The van der Waals surface area contributed by atoms with Gasteiger partial charge in [0.2, 0.25) is 21.8 Å². The molecule has 3 amide bonds. The predicted molar refractivity (Wildman–Crippen MR) is 120 cm³/mol. The van der Waals surface area contributed by atoms with Crippen LogP contribution in [-0.4, -0.2) is 44.7 Å². The monoisotopic (exact) mass is 483 g/mol. The predicted octanol–water partition coefficient (Wildman–Crippen LogP) is 1.34. The lowest BCUT2D eigenvalue weighted by Crippen LogP contribution is -2.46. The molecule has 2 aliphatic rings. The molecule has 11 heteroatoms. The fraction of sp³-hybridized carbons (Fsp3) is 0.261. The molecule has 2 aromatic carbocycles. The maximum Gasteiger partial charge on any atom is 0.254 e. The Balaban J connectivity index is 1.58. The van der Waals surface area contributed by atoms with E-state index in [-0.39, 0.29) is 41.7 Å². The number of carbonyl (C=O) groups excluding carboxylic acids is 3. The summed E-state index contributed by atoms with van der Waals surface area (Å²) in [7, 11) is -2.48. The van der Waals surface area contributed by atoms with Gasteiger partial charge in [-0.2, -0.15) is 0 Å². The fourth-order valence-corrected chi connectivity index (χ4v) is 5.47. The Morgan fingerprint density at radius 3 is 2.59 bits per heavy atom. The van der Waals surface area contributed by atoms with Gasteiger partial charge in [0, 0.05) is 30.1 Å². The number of primary sulfonamides is 1. The van der Waals surface area contributed by atoms with Gasteiger partial charge in [-0.15, -0.1) is 0 Å². The maximum absolute atomic E-state index is 13.1. The van der Waals surface area contributed by atoms with E-state index in [9.17, 15) is 22.8 Å². The van der Waals surface area contributed by atoms with E-state index in [1.807, 2.05) is 0 Å². The molecular weight excluding hydrogens is 462 g/mol. The number of rotatable bonds is 5. The molecule has 0 unspecified atom stereocenters. The van der Waals surface area contributed by atoms with Crippen LogP contribution in [0, 0.1) is 6.92 Å². The van der Waals surface area contributed by atoms with Gasteiger partial charge in [0.15, 0.2) is 0 Å². The zero-order chi connectivity index (χ0) is 24.4. The number of fused-ring (bicyclic) bond motifs is 2. The third-order valence-electron chi connectivity index (χ3n) is 6.40. The molecule has 0 saturated carbocycles. The van der Waals surface area contributed by atoms with Crippen molar-refractivity contribution < 1.29 is 32.0 Å². The van der Waals surface area contributed by atoms with Gasteiger partial charge in [-0.1, -0.05) is 6.07 Å². The molecule has 1 aromatic heterocycles. The second kappa shape index (κ2) is 7.40. The number of imide groups is 1. The molecule has 2 aliphatic heterocycles. The first-order valence-corrected chi connectivity index (χ1v) is 11.9. The summed E-state index contributed by atoms with van der Waals surface area (Å²) in [4.78, 5) is 39.9. The van der Waals surface area contributed by atoms with Crippen molar-refractivity contribution in [3.63, 3.8) is 0 Å². The van der Waals surface area contributed by atoms with Crippen LogP contribution in [0.3, 0.4) is 0 Å². The van der Waals surface area contributed by atoms with E-state index in [1.165, 1.54) is 18.1 Å². The van der Waals surface area contributed by atoms with Crippen molar-refractivity contribution in [2.45, 2.75) is 30.2 Å². The molecule has 176 valence electrons. The van der Waals surface area contributed by atoms with E-state index < -0.39 is 27.3 Å². The van der Waals surface area contributed by atoms with Crippen molar-refractivity contribution in [1.82, 2.24) is 10.2 Å². The van der Waals surface area contributed by atoms with E-state index in [0.29, 0.717) is 22.3 Å². The fourth-order valence-electron chi connectivity index (χ4n) is 4.69. The summed E-state index contributed by atoms with van der Waals surface area (Å²) in [6.45, 7) is 1.76. The number of methoxy groups -OCH3 is 1. The molecule has 0 spiro atoms. The lowest BCUT2D eigenvalue weighted by molar-refractivity contribution is -0.127. The van der Waals surface area contributed by atoms with Crippen molar-refractivity contribution >= 4 is 38.7 Å². The number of aryl methyl sites for hydroxylation is 1. The van der Waals surface area contributed by atoms with Crippen molar-refractivity contribution in [2.24, 2.45) is 5.14 Å². The van der Waals surface area contributed by atoms with Crippen LogP contribution in [-0.2, 0) is 31.6 Å². The first-order valence-electron chi connectivity index (χ1n) is 10.4. The standard InChI is InChI=1S/C23H21N3O7S/c1-12-5-14-6-19(33-17(14)8-18(12)34(24,30)31)23(9-20(27)25-22(23)29)11-26-10-13-3-4-15(32-2)7-16(13)21(26)28/h3-8H,9-11H2,1-2H3,(H2,24,30,31)(H,25,27,29)/t23-/m1/s1. The molecular formula is C23H21N3O7S. The van der Waals surface area contributed by atoms with Gasteiger partial charge >= 0.3 is 0 Å². The topological polar surface area (TPSA) is 149 Å². The summed E-state index contributed by atoms with van der Waals surface area (Å²) in [5, 5.41) is 8.16. The van der Waals surface area contributed by atoms with Crippen LogP contribution in [0.25, 0.3) is 11.0 Å². The molecule has 1 saturated heterocycles. The van der Waals surface area contributed by atoms with Gasteiger partial charge in [-0.3, -0.25) is 19.7 Å². The lowest BCUT2D eigenvalue weighted by Gasteiger charge is -2.28. The number of benzene rings is 2. The molecule has 0 bridgehead atoms. The van der Waals surface area contributed by atoms with E-state index in [4.69, 9.17) is 14.3 Å². The summed E-state index contributed by atoms with van der Waals surface area (Å²) >= 11 is 0. The molecule has 3 N–H and O–H groups in total. The van der Waals surface area contributed by atoms with Crippen LogP contribution in [0.15, 0.2) is 45.7 Å². The van der Waals surface area contributed by atoms with Crippen LogP contribution in [0.4, 0.5) is 0 Å². The Hall–Kier alpha value is -3.70. The molecule has 3 heterocycles. The highest BCUT2D eigenvalue weighted by Gasteiger charge is 2.53. The average Bonchev–Trinajstić information content (AvgIpc) is 3.40. The first-order chi connectivity index (χ1) is 16.0. The maximum atomic E-state index is 13.1. The molecule has 1 atom stereocenters. The van der Waals surface area contributed by atoms with Gasteiger partial charge in [0.1, 0.15) is 22.5 Å². The second-order valence-corrected chi connectivity index (χ2v) is 10.2. The summed E-state index contributed by atoms with van der Waals surface area (Å²) < 4.78 is 35.0. The minimum atomic E-state index is -3.99. The second-order valence-electron chi connectivity index (χ2n) is 8.63. The highest BCUT2D eigenvalue weighted by atomic mass is 32.2. The molecule has 0 radical (unpaired) electrons. The number of hydrogen-bond acceptors (Lipinski definition) is 7. The van der Waals surface area contributed by atoms with Gasteiger partial charge in [-0.05, 0) is 42.3 Å². The van der Waals surface area contributed by atoms with Crippen molar-refractivity contribution in [2.75, 3.05) is 13.7 Å². The normalized spacial score (nSPS) is 20.2. The SMILES string of the molecule is COc1ccc2c(c1)C(=O)N(C[C@@]1(c3cc4cc(C)c(S(N)(=O)=O)cc4o3)CC(=O)NC1=O)C2. The van der Waals surface area contributed by atoms with E-state index in [0.717, 1.165) is 5.56 Å². The third kappa shape index (κ3) is 3.35. The summed E-state index contributed by atoms with van der Waals surface area (Å²) in [5.74, 6) is -0.656. The van der Waals surface area contributed by atoms with Crippen LogP contribution in [0.1, 0.15) is 33.7 Å². The highest BCUT2D eigenvalue weighted by Crippen LogP contribution is 2.40. The molecule has 10 nitrogen and oxygen atoms in total. The number of amides is 3. The van der Waals surface area contributed by atoms with Crippen molar-refractivity contribution in [3.05, 3.63) is 58.8 Å². The quantitative estimate of drug-likeness (QED) is 0.520. The van der Waals surface area contributed by atoms with Crippen molar-refractivity contribution in [3.8, 4) is 5.75 Å². The number of nitrogens with one attached hydrogen (secondary N) is 1. The van der Waals surface area contributed by atoms with Gasteiger partial charge in [0.25, 0.3) is 5.91 Å². The van der Waals surface area contributed by atoms with Gasteiger partial charge < -0.3 is 14.1 Å². The largest absolute Gasteiger partial charge is 0.497 e. The van der Waals surface area contributed by atoms with Gasteiger partial charge in [-0.25, -0.2) is 13.6 Å². The van der Waals surface area contributed by atoms with Crippen LogP contribution in [0.5, 0.6) is 5.75 Å². The molecule has 34 heavy (non-hydrogen) atoms. The van der Waals surface area contributed by atoms with E-state index in [2.05, 4.69) is 5.32 Å². The summed E-state index contributed by atoms with van der Waals surface area (Å²) in [6, 6.07) is 9.68. The number of ether oxygens (including phenoxy) is 1. The molecule has 5 rings (SSSR count). The average molecular weight is 484 g/mol. The number of furan rings is 1. The Morgan fingerprint density at radius 2 is 1.94 bits per heavy atom. The van der Waals surface area contributed by atoms with E-state index in [1.54, 1.807) is 37.3 Å². The van der Waals surface area contributed by atoms with Crippen LogP contribution >= 0.6 is 0 Å². The molecule has 0 aliphatic carbocycles. The Bertz CT molecular complexity index is 1510. The smallest absolute Gasteiger partial charge is 0.254 e. The highest BCUT2D eigenvalue weighted by molar-refractivity contribution is 7.89. The zero-order valence-electron chi connectivity index (χ0n) is 18.4. The van der Waals surface area contributed by atoms with Gasteiger partial charge in [0.05, 0.1) is 18.4 Å². The van der Waals surface area contributed by atoms with Crippen LogP contribution in [0.2, 0.25) is 0 Å². The minimum Gasteiger partial charge on any atom is -0.497 e. The lowest BCUT2D eigenvalue weighted by atomic mass is 9.82. The zero-order valence-corrected chi connectivity index (χ0v) is 19.2. The van der Waals surface area contributed by atoms with Crippen molar-refractivity contribution in [1.29, 1.82) is 0 Å².